The van der Waals surface area contributed by atoms with E-state index < -0.39 is 6.04 Å². The van der Waals surface area contributed by atoms with Crippen LogP contribution in [0.3, 0.4) is 0 Å². The number of carbonyl (C=O) groups is 2. The minimum atomic E-state index is -0.644. The molecule has 0 bridgehead atoms. The number of rotatable bonds is 6. The second kappa shape index (κ2) is 7.99. The van der Waals surface area contributed by atoms with Crippen molar-refractivity contribution in [1.29, 1.82) is 0 Å². The maximum absolute atomic E-state index is 12.2. The van der Waals surface area contributed by atoms with Crippen LogP contribution in [0, 0.1) is 6.92 Å². The van der Waals surface area contributed by atoms with Gasteiger partial charge in [-0.2, -0.15) is 0 Å². The highest BCUT2D eigenvalue weighted by Gasteiger charge is 2.18. The summed E-state index contributed by atoms with van der Waals surface area (Å²) in [7, 11) is 1.55. The SMILES string of the molecule is COCCNC(=O)C(C)NC(=O)c1cc(Br)cc(N)c1C. The summed E-state index contributed by atoms with van der Waals surface area (Å²) in [6.45, 7) is 4.21. The number of nitrogen functional groups attached to an aromatic ring is 1. The molecule has 0 aromatic heterocycles. The van der Waals surface area contributed by atoms with Crippen LogP contribution in [0.25, 0.3) is 0 Å². The molecule has 4 N–H and O–H groups in total. The van der Waals surface area contributed by atoms with Crippen molar-refractivity contribution in [2.45, 2.75) is 19.9 Å². The Balaban J connectivity index is 2.71. The quantitative estimate of drug-likeness (QED) is 0.527. The third-order valence-corrected chi connectivity index (χ3v) is 3.46. The van der Waals surface area contributed by atoms with E-state index >= 15 is 0 Å². The summed E-state index contributed by atoms with van der Waals surface area (Å²) in [6, 6.07) is 2.76. The summed E-state index contributed by atoms with van der Waals surface area (Å²) < 4.78 is 5.56. The van der Waals surface area contributed by atoms with Gasteiger partial charge >= 0.3 is 0 Å². The minimum Gasteiger partial charge on any atom is -0.398 e. The fourth-order valence-electron chi connectivity index (χ4n) is 1.71. The van der Waals surface area contributed by atoms with E-state index in [4.69, 9.17) is 10.5 Å². The number of nitrogens with one attached hydrogen (secondary N) is 2. The third kappa shape index (κ3) is 5.02. The van der Waals surface area contributed by atoms with Crippen LogP contribution < -0.4 is 16.4 Å². The number of hydrogen-bond acceptors (Lipinski definition) is 4. The summed E-state index contributed by atoms with van der Waals surface area (Å²) in [5.74, 6) is -0.601. The molecule has 0 aliphatic carbocycles. The monoisotopic (exact) mass is 357 g/mol. The van der Waals surface area contributed by atoms with Crippen molar-refractivity contribution in [3.05, 3.63) is 27.7 Å². The molecule has 1 aromatic rings. The van der Waals surface area contributed by atoms with Gasteiger partial charge in [-0.05, 0) is 31.5 Å². The molecule has 21 heavy (non-hydrogen) atoms. The third-order valence-electron chi connectivity index (χ3n) is 3.00. The highest BCUT2D eigenvalue weighted by molar-refractivity contribution is 9.10. The standard InChI is InChI=1S/C14H20BrN3O3/c1-8-11(6-10(15)7-12(8)16)14(20)18-9(2)13(19)17-4-5-21-3/h6-7,9H,4-5,16H2,1-3H3,(H,17,19)(H,18,20). The van der Waals surface area contributed by atoms with Crippen molar-refractivity contribution in [2.24, 2.45) is 0 Å². The molecule has 1 atom stereocenters. The van der Waals surface area contributed by atoms with Crippen molar-refractivity contribution in [1.82, 2.24) is 10.6 Å². The van der Waals surface area contributed by atoms with Gasteiger partial charge in [0.1, 0.15) is 6.04 Å². The van der Waals surface area contributed by atoms with Gasteiger partial charge in [-0.25, -0.2) is 0 Å². The van der Waals surface area contributed by atoms with Crippen molar-refractivity contribution in [2.75, 3.05) is 26.0 Å². The maximum atomic E-state index is 12.2. The first-order chi connectivity index (χ1) is 9.86. The van der Waals surface area contributed by atoms with Crippen LogP contribution in [0.5, 0.6) is 0 Å². The Hall–Kier alpha value is -1.60. The van der Waals surface area contributed by atoms with E-state index in [0.29, 0.717) is 34.4 Å². The summed E-state index contributed by atoms with van der Waals surface area (Å²) in [4.78, 5) is 24.0. The zero-order valence-corrected chi connectivity index (χ0v) is 13.9. The fraction of sp³-hybridized carbons (Fsp3) is 0.429. The highest BCUT2D eigenvalue weighted by atomic mass is 79.9. The zero-order valence-electron chi connectivity index (χ0n) is 12.3. The number of carbonyl (C=O) groups excluding carboxylic acids is 2. The smallest absolute Gasteiger partial charge is 0.252 e. The van der Waals surface area contributed by atoms with Crippen LogP contribution in [0.4, 0.5) is 5.69 Å². The van der Waals surface area contributed by atoms with Gasteiger partial charge in [-0.15, -0.1) is 0 Å². The predicted octanol–water partition coefficient (Wildman–Crippen LogP) is 1.22. The molecule has 6 nitrogen and oxygen atoms in total. The number of nitrogens with two attached hydrogens (primary N) is 1. The maximum Gasteiger partial charge on any atom is 0.252 e. The van der Waals surface area contributed by atoms with Gasteiger partial charge in [0.2, 0.25) is 5.91 Å². The molecule has 116 valence electrons. The van der Waals surface area contributed by atoms with E-state index in [9.17, 15) is 9.59 Å². The van der Waals surface area contributed by atoms with Gasteiger partial charge in [0.15, 0.2) is 0 Å². The number of benzene rings is 1. The Morgan fingerprint density at radius 3 is 2.71 bits per heavy atom. The molecule has 0 saturated carbocycles. The fourth-order valence-corrected chi connectivity index (χ4v) is 2.18. The number of hydrogen-bond donors (Lipinski definition) is 3. The van der Waals surface area contributed by atoms with Crippen LogP contribution >= 0.6 is 15.9 Å². The average Bonchev–Trinajstić information content (AvgIpc) is 2.42. The molecule has 0 fully saturated rings. The lowest BCUT2D eigenvalue weighted by Gasteiger charge is -2.15. The van der Waals surface area contributed by atoms with Crippen molar-refractivity contribution in [3.8, 4) is 0 Å². The van der Waals surface area contributed by atoms with Crippen molar-refractivity contribution >= 4 is 33.4 Å². The van der Waals surface area contributed by atoms with Gasteiger partial charge in [-0.3, -0.25) is 9.59 Å². The first-order valence-electron chi connectivity index (χ1n) is 6.50. The Morgan fingerprint density at radius 2 is 2.10 bits per heavy atom. The number of anilines is 1. The summed E-state index contributed by atoms with van der Waals surface area (Å²) >= 11 is 3.30. The van der Waals surface area contributed by atoms with Gasteiger partial charge < -0.3 is 21.1 Å². The zero-order chi connectivity index (χ0) is 16.0. The molecule has 1 aromatic carbocycles. The van der Waals surface area contributed by atoms with Gasteiger partial charge in [0.25, 0.3) is 5.91 Å². The van der Waals surface area contributed by atoms with Crippen LogP contribution in [0.2, 0.25) is 0 Å². The van der Waals surface area contributed by atoms with E-state index in [-0.39, 0.29) is 11.8 Å². The molecule has 1 unspecified atom stereocenters. The molecule has 7 heteroatoms. The van der Waals surface area contributed by atoms with E-state index in [1.165, 1.54) is 0 Å². The molecule has 0 aliphatic heterocycles. The molecular formula is C14H20BrN3O3. The summed E-state index contributed by atoms with van der Waals surface area (Å²) in [5, 5.41) is 5.31. The molecule has 0 saturated heterocycles. The molecule has 0 heterocycles. The van der Waals surface area contributed by atoms with Gasteiger partial charge in [0.05, 0.1) is 6.61 Å². The normalized spacial score (nSPS) is 11.8. The topological polar surface area (TPSA) is 93.5 Å². The number of halogens is 1. The van der Waals surface area contributed by atoms with E-state index in [1.54, 1.807) is 33.1 Å². The molecule has 1 rings (SSSR count). The Bertz CT molecular complexity index is 534. The molecule has 2 amide bonds. The van der Waals surface area contributed by atoms with Crippen LogP contribution in [-0.2, 0) is 9.53 Å². The second-order valence-corrected chi connectivity index (χ2v) is 5.56. The second-order valence-electron chi connectivity index (χ2n) is 4.65. The van der Waals surface area contributed by atoms with Crippen LogP contribution in [0.15, 0.2) is 16.6 Å². The van der Waals surface area contributed by atoms with Gasteiger partial charge in [0, 0.05) is 29.4 Å². The number of methoxy groups -OCH3 is 1. The number of ether oxygens (including phenoxy) is 1. The van der Waals surface area contributed by atoms with E-state index in [1.807, 2.05) is 0 Å². The average molecular weight is 358 g/mol. The van der Waals surface area contributed by atoms with E-state index in [2.05, 4.69) is 26.6 Å². The summed E-state index contributed by atoms with van der Waals surface area (Å²) in [5.41, 5.74) is 7.47. The lowest BCUT2D eigenvalue weighted by atomic mass is 10.1. The minimum absolute atomic E-state index is 0.263. The predicted molar refractivity (Wildman–Crippen MR) is 85.1 cm³/mol. The van der Waals surface area contributed by atoms with Crippen LogP contribution in [0.1, 0.15) is 22.8 Å². The first kappa shape index (κ1) is 17.5. The Kier molecular flexibility index (Phi) is 6.64. The van der Waals surface area contributed by atoms with E-state index in [0.717, 1.165) is 0 Å². The van der Waals surface area contributed by atoms with Gasteiger partial charge in [-0.1, -0.05) is 15.9 Å². The Morgan fingerprint density at radius 1 is 1.43 bits per heavy atom. The molecule has 0 aliphatic rings. The van der Waals surface area contributed by atoms with Crippen LogP contribution in [-0.4, -0.2) is 38.1 Å². The molecule has 0 spiro atoms. The highest BCUT2D eigenvalue weighted by Crippen LogP contribution is 2.22. The largest absolute Gasteiger partial charge is 0.398 e. The molecular weight excluding hydrogens is 338 g/mol. The summed E-state index contributed by atoms with van der Waals surface area (Å²) in [6.07, 6.45) is 0. The lowest BCUT2D eigenvalue weighted by molar-refractivity contribution is -0.122. The number of amides is 2. The molecule has 0 radical (unpaired) electrons. The first-order valence-corrected chi connectivity index (χ1v) is 7.29. The Labute approximate surface area is 132 Å². The van der Waals surface area contributed by atoms with Crippen molar-refractivity contribution in [3.63, 3.8) is 0 Å². The lowest BCUT2D eigenvalue weighted by Crippen LogP contribution is -2.45. The van der Waals surface area contributed by atoms with Crippen molar-refractivity contribution < 1.29 is 14.3 Å².